The summed E-state index contributed by atoms with van der Waals surface area (Å²) in [6, 6.07) is 18.8. The van der Waals surface area contributed by atoms with Gasteiger partial charge in [-0.25, -0.2) is 4.79 Å². The van der Waals surface area contributed by atoms with Gasteiger partial charge in [0, 0.05) is 0 Å². The van der Waals surface area contributed by atoms with Gasteiger partial charge in [-0.05, 0) is 60.7 Å². The van der Waals surface area contributed by atoms with Crippen molar-refractivity contribution in [2.75, 3.05) is 40.6 Å². The highest BCUT2D eigenvalue weighted by molar-refractivity contribution is 5.91. The number of hydrogen-bond acceptors (Lipinski definition) is 8. The van der Waals surface area contributed by atoms with Crippen LogP contribution in [0.2, 0.25) is 0 Å². The Morgan fingerprint density at radius 3 is 1.71 bits per heavy atom. The van der Waals surface area contributed by atoms with Crippen molar-refractivity contribution in [3.63, 3.8) is 0 Å². The topological polar surface area (TPSA) is 102 Å². The summed E-state index contributed by atoms with van der Waals surface area (Å²) in [5, 5.41) is 9.49. The van der Waals surface area contributed by atoms with Crippen molar-refractivity contribution in [1.82, 2.24) is 0 Å². The fourth-order valence-corrected chi connectivity index (χ4v) is 2.83. The number of methoxy groups -OCH3 is 2. The lowest BCUT2D eigenvalue weighted by Gasteiger charge is -2.14. The van der Waals surface area contributed by atoms with Crippen LogP contribution in [0.15, 0.2) is 66.7 Å². The number of benzene rings is 3. The Labute approximate surface area is 197 Å². The van der Waals surface area contributed by atoms with E-state index in [1.165, 1.54) is 6.07 Å². The van der Waals surface area contributed by atoms with Gasteiger partial charge >= 0.3 is 5.97 Å². The first-order valence-corrected chi connectivity index (χ1v) is 10.4. The van der Waals surface area contributed by atoms with Gasteiger partial charge in [0.1, 0.15) is 55.0 Å². The van der Waals surface area contributed by atoms with E-state index in [-0.39, 0.29) is 43.5 Å². The summed E-state index contributed by atoms with van der Waals surface area (Å²) in [5.74, 6) is 1.74. The van der Waals surface area contributed by atoms with E-state index in [9.17, 15) is 9.90 Å². The van der Waals surface area contributed by atoms with Gasteiger partial charge in [-0.1, -0.05) is 6.07 Å². The fraction of sp³-hybridized carbons (Fsp3) is 0.240. The molecule has 0 atom stereocenters. The summed E-state index contributed by atoms with van der Waals surface area (Å²) in [7, 11) is 3.17. The molecule has 0 bridgehead atoms. The summed E-state index contributed by atoms with van der Waals surface area (Å²) >= 11 is 0. The Bertz CT molecular complexity index is 1030. The molecule has 0 unspecified atom stereocenters. The molecule has 0 radical (unpaired) electrons. The molecule has 180 valence electrons. The third-order valence-electron chi connectivity index (χ3n) is 4.52. The molecule has 0 aliphatic rings. The molecule has 3 rings (SSSR count). The summed E-state index contributed by atoms with van der Waals surface area (Å²) in [6.45, 7) is 0.638. The maximum atomic E-state index is 11.6. The van der Waals surface area contributed by atoms with Crippen molar-refractivity contribution in [3.8, 4) is 34.5 Å². The molecule has 0 saturated heterocycles. The quantitative estimate of drug-likeness (QED) is 0.210. The normalized spacial score (nSPS) is 10.3. The van der Waals surface area contributed by atoms with Crippen LogP contribution in [0.5, 0.6) is 34.5 Å². The molecule has 3 aromatic carbocycles. The molecule has 0 aromatic heterocycles. The molecule has 0 heterocycles. The lowest BCUT2D eigenvalue weighted by Crippen LogP contribution is -2.13. The average molecular weight is 470 g/mol. The van der Waals surface area contributed by atoms with Crippen LogP contribution in [0.1, 0.15) is 10.4 Å². The van der Waals surface area contributed by atoms with Gasteiger partial charge in [-0.15, -0.1) is 0 Å². The number of ether oxygens (including phenoxy) is 5. The van der Waals surface area contributed by atoms with Gasteiger partial charge in [-0.3, -0.25) is 0 Å². The molecule has 1 N–H and O–H groups in total. The van der Waals surface area contributed by atoms with Crippen LogP contribution < -0.4 is 28.6 Å². The van der Waals surface area contributed by atoms with Crippen LogP contribution in [0.4, 0.5) is 0 Å². The minimum Gasteiger partial charge on any atom is -0.497 e. The molecule has 9 nitrogen and oxygen atoms in total. The Balaban J connectivity index is 1.49. The van der Waals surface area contributed by atoms with E-state index in [0.29, 0.717) is 11.5 Å². The monoisotopic (exact) mass is 470 g/mol. The Hall–Kier alpha value is -4.11. The predicted octanol–water partition coefficient (Wildman–Crippen LogP) is 4.25. The standard InChI is InChI=1S/C25H26O9/c1-28-18-6-10-20(11-7-18)30-14-15-32-23-5-3-4-22(25(26)27)24(23)34-33-17-16-31-21-12-8-19(29-2)9-13-21/h3-13H,14-17H2,1-2H3,(H,26,27). The van der Waals surface area contributed by atoms with Crippen LogP contribution >= 0.6 is 0 Å². The number of hydrogen-bond donors (Lipinski definition) is 1. The molecule has 0 spiro atoms. The second-order valence-electron chi connectivity index (χ2n) is 6.74. The van der Waals surface area contributed by atoms with Crippen LogP contribution in [0.25, 0.3) is 0 Å². The van der Waals surface area contributed by atoms with Gasteiger partial charge in [0.25, 0.3) is 0 Å². The first-order chi connectivity index (χ1) is 16.6. The summed E-state index contributed by atoms with van der Waals surface area (Å²) in [4.78, 5) is 22.1. The Kier molecular flexibility index (Phi) is 9.24. The first kappa shape index (κ1) is 24.5. The molecular weight excluding hydrogens is 444 g/mol. The maximum Gasteiger partial charge on any atom is 0.339 e. The summed E-state index contributed by atoms with van der Waals surface area (Å²) < 4.78 is 27.1. The van der Waals surface area contributed by atoms with Crippen molar-refractivity contribution >= 4 is 5.97 Å². The van der Waals surface area contributed by atoms with E-state index in [1.807, 2.05) is 0 Å². The van der Waals surface area contributed by atoms with Crippen molar-refractivity contribution in [2.24, 2.45) is 0 Å². The smallest absolute Gasteiger partial charge is 0.339 e. The molecule has 0 amide bonds. The van der Waals surface area contributed by atoms with E-state index in [0.717, 1.165) is 11.5 Å². The lowest BCUT2D eigenvalue weighted by atomic mass is 10.2. The van der Waals surface area contributed by atoms with Gasteiger partial charge in [0.05, 0.1) is 14.2 Å². The first-order valence-electron chi connectivity index (χ1n) is 10.4. The minimum atomic E-state index is -1.17. The Morgan fingerprint density at radius 2 is 1.18 bits per heavy atom. The molecule has 0 fully saturated rings. The van der Waals surface area contributed by atoms with Crippen molar-refractivity contribution in [1.29, 1.82) is 0 Å². The van der Waals surface area contributed by atoms with Gasteiger partial charge in [-0.2, -0.15) is 4.89 Å². The van der Waals surface area contributed by atoms with E-state index in [2.05, 4.69) is 0 Å². The van der Waals surface area contributed by atoms with Crippen molar-refractivity contribution in [3.05, 3.63) is 72.3 Å². The number of carboxylic acids is 1. The van der Waals surface area contributed by atoms with Gasteiger partial charge in [0.2, 0.25) is 5.75 Å². The molecule has 0 aliphatic carbocycles. The number of carbonyl (C=O) groups is 1. The number of rotatable bonds is 14. The number of aromatic carboxylic acids is 1. The zero-order chi connectivity index (χ0) is 24.2. The summed E-state index contributed by atoms with van der Waals surface area (Å²) in [6.07, 6.45) is 0. The molecule has 0 aliphatic heterocycles. The zero-order valence-corrected chi connectivity index (χ0v) is 18.9. The number of para-hydroxylation sites is 1. The maximum absolute atomic E-state index is 11.6. The van der Waals surface area contributed by atoms with E-state index >= 15 is 0 Å². The lowest BCUT2D eigenvalue weighted by molar-refractivity contribution is -0.212. The Morgan fingerprint density at radius 1 is 0.676 bits per heavy atom. The molecule has 3 aromatic rings. The summed E-state index contributed by atoms with van der Waals surface area (Å²) in [5.41, 5.74) is -0.0929. The van der Waals surface area contributed by atoms with Gasteiger partial charge < -0.3 is 33.7 Å². The van der Waals surface area contributed by atoms with E-state index in [1.54, 1.807) is 74.9 Å². The highest BCUT2D eigenvalue weighted by Gasteiger charge is 2.18. The van der Waals surface area contributed by atoms with Crippen LogP contribution in [0.3, 0.4) is 0 Å². The van der Waals surface area contributed by atoms with E-state index < -0.39 is 5.97 Å². The largest absolute Gasteiger partial charge is 0.497 e. The van der Waals surface area contributed by atoms with Crippen molar-refractivity contribution < 1.29 is 43.4 Å². The third-order valence-corrected chi connectivity index (χ3v) is 4.52. The van der Waals surface area contributed by atoms with E-state index in [4.69, 9.17) is 33.5 Å². The SMILES string of the molecule is COc1ccc(OCCOOc2c(OCCOc3ccc(OC)cc3)cccc2C(=O)O)cc1. The second kappa shape index (κ2) is 12.8. The molecule has 0 saturated carbocycles. The average Bonchev–Trinajstić information content (AvgIpc) is 2.87. The highest BCUT2D eigenvalue weighted by Crippen LogP contribution is 2.31. The zero-order valence-electron chi connectivity index (χ0n) is 18.9. The fourth-order valence-electron chi connectivity index (χ4n) is 2.83. The highest BCUT2D eigenvalue weighted by atomic mass is 17.2. The van der Waals surface area contributed by atoms with Crippen LogP contribution in [-0.2, 0) is 4.89 Å². The van der Waals surface area contributed by atoms with Gasteiger partial charge in [0.15, 0.2) is 5.75 Å². The second-order valence-corrected chi connectivity index (χ2v) is 6.74. The third kappa shape index (κ3) is 7.21. The van der Waals surface area contributed by atoms with Crippen molar-refractivity contribution in [2.45, 2.75) is 0 Å². The molecular formula is C25H26O9. The minimum absolute atomic E-state index is 0.0381. The van der Waals surface area contributed by atoms with Crippen LogP contribution in [0, 0.1) is 0 Å². The predicted molar refractivity (Wildman–Crippen MR) is 122 cm³/mol. The number of carboxylic acid groups (broad SMARTS) is 1. The van der Waals surface area contributed by atoms with Crippen LogP contribution in [-0.4, -0.2) is 51.7 Å². The molecule has 9 heteroatoms. The molecule has 34 heavy (non-hydrogen) atoms.